The highest BCUT2D eigenvalue weighted by Crippen LogP contribution is 2.46. The predicted octanol–water partition coefficient (Wildman–Crippen LogP) is 3.11. The summed E-state index contributed by atoms with van der Waals surface area (Å²) in [5, 5.41) is 13.6. The van der Waals surface area contributed by atoms with Crippen LogP contribution in [0.5, 0.6) is 0 Å². The maximum absolute atomic E-state index is 9.41. The van der Waals surface area contributed by atoms with Crippen LogP contribution < -0.4 is 10.2 Å². The third kappa shape index (κ3) is 3.12. The lowest BCUT2D eigenvalue weighted by molar-refractivity contribution is -0.0383. The monoisotopic (exact) mass is 395 g/mol. The lowest BCUT2D eigenvalue weighted by Gasteiger charge is -2.60. The van der Waals surface area contributed by atoms with Crippen LogP contribution in [0, 0.1) is 37.0 Å². The molecule has 2 aliphatic heterocycles. The Labute approximate surface area is 169 Å². The molecule has 1 saturated carbocycles. The summed E-state index contributed by atoms with van der Waals surface area (Å²) in [5.41, 5.74) is 2.05. The number of likely N-dealkylation sites (tertiary alicyclic amines) is 1. The number of nitrogens with zero attached hydrogens (tertiary/aromatic N) is 6. The van der Waals surface area contributed by atoms with Gasteiger partial charge in [-0.05, 0) is 56.1 Å². The number of hydrogen-bond acceptors (Lipinski definition) is 8. The highest BCUT2D eigenvalue weighted by atomic mass is 32.1. The van der Waals surface area contributed by atoms with Crippen LogP contribution in [0.1, 0.15) is 30.5 Å². The van der Waals surface area contributed by atoms with Crippen molar-refractivity contribution < 1.29 is 0 Å². The molecule has 28 heavy (non-hydrogen) atoms. The fourth-order valence-electron chi connectivity index (χ4n) is 4.50. The van der Waals surface area contributed by atoms with Crippen LogP contribution in [0.25, 0.3) is 0 Å². The molecule has 1 N–H and O–H groups in total. The van der Waals surface area contributed by atoms with Crippen molar-refractivity contribution in [2.24, 2.45) is 11.8 Å². The first-order chi connectivity index (χ1) is 13.6. The minimum Gasteiger partial charge on any atom is -0.352 e. The van der Waals surface area contributed by atoms with Crippen molar-refractivity contribution in [1.82, 2.24) is 19.2 Å². The zero-order valence-corrected chi connectivity index (χ0v) is 17.2. The smallest absolute Gasteiger partial charge is 0.229 e. The number of aromatic nitrogens is 3. The van der Waals surface area contributed by atoms with Crippen LogP contribution >= 0.6 is 11.5 Å². The van der Waals surface area contributed by atoms with Gasteiger partial charge in [-0.1, -0.05) is 0 Å². The van der Waals surface area contributed by atoms with Gasteiger partial charge in [-0.2, -0.15) is 14.6 Å². The first kappa shape index (κ1) is 17.8. The van der Waals surface area contributed by atoms with Crippen LogP contribution in [0.3, 0.4) is 0 Å². The molecular weight excluding hydrogens is 370 g/mol. The molecule has 4 heterocycles. The summed E-state index contributed by atoms with van der Waals surface area (Å²) in [4.78, 5) is 14.0. The van der Waals surface area contributed by atoms with E-state index in [1.807, 2.05) is 26.1 Å². The topological polar surface area (TPSA) is 81.0 Å². The summed E-state index contributed by atoms with van der Waals surface area (Å²) >= 11 is 1.41. The van der Waals surface area contributed by atoms with Crippen molar-refractivity contribution >= 4 is 28.3 Å². The van der Waals surface area contributed by atoms with E-state index < -0.39 is 0 Å². The van der Waals surface area contributed by atoms with Crippen LogP contribution in [-0.2, 0) is 0 Å². The molecule has 1 aliphatic carbocycles. The largest absolute Gasteiger partial charge is 0.352 e. The van der Waals surface area contributed by atoms with Gasteiger partial charge in [-0.15, -0.1) is 0 Å². The Bertz CT molecular complexity index is 917. The summed E-state index contributed by atoms with van der Waals surface area (Å²) in [5.74, 6) is 3.38. The predicted molar refractivity (Wildman–Crippen MR) is 110 cm³/mol. The molecule has 0 bridgehead atoms. The number of nitriles is 1. The van der Waals surface area contributed by atoms with E-state index in [-0.39, 0.29) is 5.54 Å². The van der Waals surface area contributed by atoms with Gasteiger partial charge in [-0.3, -0.25) is 4.90 Å². The highest BCUT2D eigenvalue weighted by molar-refractivity contribution is 7.10. The van der Waals surface area contributed by atoms with E-state index in [2.05, 4.69) is 30.5 Å². The molecule has 0 spiro atoms. The Hall–Kier alpha value is -2.24. The molecule has 3 fully saturated rings. The van der Waals surface area contributed by atoms with E-state index in [0.717, 1.165) is 47.0 Å². The maximum atomic E-state index is 9.41. The zero-order valence-electron chi connectivity index (χ0n) is 16.4. The van der Waals surface area contributed by atoms with Crippen molar-refractivity contribution in [3.8, 4) is 6.07 Å². The molecule has 3 aliphatic rings. The van der Waals surface area contributed by atoms with E-state index in [9.17, 15) is 5.26 Å². The first-order valence-corrected chi connectivity index (χ1v) is 10.7. The van der Waals surface area contributed by atoms with E-state index in [1.165, 1.54) is 37.5 Å². The molecule has 5 rings (SSSR count). The minimum absolute atomic E-state index is 0.0000932. The second-order valence-corrected chi connectivity index (χ2v) is 9.38. The molecule has 2 saturated heterocycles. The molecule has 0 unspecified atom stereocenters. The second kappa shape index (κ2) is 6.68. The third-order valence-electron chi connectivity index (χ3n) is 6.36. The Morgan fingerprint density at radius 1 is 1.29 bits per heavy atom. The molecule has 146 valence electrons. The number of hydrogen-bond donors (Lipinski definition) is 1. The number of aryl methyl sites for hydroxylation is 2. The number of nitrogens with one attached hydrogen (secondary N) is 1. The maximum Gasteiger partial charge on any atom is 0.229 e. The van der Waals surface area contributed by atoms with E-state index in [1.54, 1.807) is 0 Å². The van der Waals surface area contributed by atoms with Gasteiger partial charge < -0.3 is 10.2 Å². The average molecular weight is 396 g/mol. The Balaban J connectivity index is 1.29. The fraction of sp³-hybridized carbons (Fsp3) is 0.600. The van der Waals surface area contributed by atoms with Crippen molar-refractivity contribution in [3.63, 3.8) is 0 Å². The molecule has 2 aromatic rings. The van der Waals surface area contributed by atoms with Gasteiger partial charge in [0.15, 0.2) is 0 Å². The average Bonchev–Trinajstić information content (AvgIpc) is 3.34. The molecule has 0 aromatic carbocycles. The van der Waals surface area contributed by atoms with Gasteiger partial charge in [0.1, 0.15) is 10.8 Å². The number of anilines is 3. The van der Waals surface area contributed by atoms with Crippen LogP contribution in [0.2, 0.25) is 0 Å². The molecular formula is C20H25N7S. The third-order valence-corrected chi connectivity index (χ3v) is 7.15. The van der Waals surface area contributed by atoms with Gasteiger partial charge >= 0.3 is 0 Å². The molecule has 2 aromatic heterocycles. The van der Waals surface area contributed by atoms with Crippen molar-refractivity contribution in [1.29, 1.82) is 5.26 Å². The first-order valence-electron chi connectivity index (χ1n) is 9.97. The Morgan fingerprint density at radius 3 is 2.71 bits per heavy atom. The molecule has 0 radical (unpaired) electrons. The van der Waals surface area contributed by atoms with Crippen LogP contribution in [0.15, 0.2) is 12.3 Å². The van der Waals surface area contributed by atoms with Crippen LogP contribution in [0.4, 0.5) is 16.8 Å². The van der Waals surface area contributed by atoms with E-state index >= 15 is 0 Å². The summed E-state index contributed by atoms with van der Waals surface area (Å²) in [6.07, 6.45) is 5.28. The van der Waals surface area contributed by atoms with Gasteiger partial charge in [-0.25, -0.2) is 4.98 Å². The van der Waals surface area contributed by atoms with Crippen molar-refractivity contribution in [2.45, 2.75) is 38.6 Å². The normalized spacial score (nSPS) is 21.7. The van der Waals surface area contributed by atoms with Gasteiger partial charge in [0.25, 0.3) is 0 Å². The number of rotatable bonds is 6. The molecule has 8 heteroatoms. The molecule has 0 amide bonds. The fourth-order valence-corrected chi connectivity index (χ4v) is 5.15. The quantitative estimate of drug-likeness (QED) is 0.805. The van der Waals surface area contributed by atoms with Crippen LogP contribution in [-0.4, -0.2) is 51.0 Å². The minimum atomic E-state index is -0.0000932. The summed E-state index contributed by atoms with van der Waals surface area (Å²) in [6.45, 7) is 8.10. The standard InChI is InChI=1S/C20H25N7S/c1-13-8-22-19(23-17-7-14(2)25-28-17)24-18(13)26-11-20(12-26,5-6-21)27-9-16(10-27)15-3-4-15/h7-8,15-16H,3-5,9-12H2,1-2H3,(H,22,23,24). The van der Waals surface area contributed by atoms with Crippen molar-refractivity contribution in [2.75, 3.05) is 36.4 Å². The zero-order chi connectivity index (χ0) is 19.3. The summed E-state index contributed by atoms with van der Waals surface area (Å²) in [6, 6.07) is 4.43. The molecule has 0 atom stereocenters. The Morgan fingerprint density at radius 2 is 2.07 bits per heavy atom. The van der Waals surface area contributed by atoms with E-state index in [4.69, 9.17) is 4.98 Å². The summed E-state index contributed by atoms with van der Waals surface area (Å²) < 4.78 is 4.29. The summed E-state index contributed by atoms with van der Waals surface area (Å²) in [7, 11) is 0. The molecule has 7 nitrogen and oxygen atoms in total. The second-order valence-electron chi connectivity index (χ2n) is 8.58. The lowest BCUT2D eigenvalue weighted by atomic mass is 9.79. The van der Waals surface area contributed by atoms with E-state index in [0.29, 0.717) is 12.4 Å². The lowest BCUT2D eigenvalue weighted by Crippen LogP contribution is -2.75. The van der Waals surface area contributed by atoms with Gasteiger partial charge in [0.05, 0.1) is 23.7 Å². The van der Waals surface area contributed by atoms with Crippen molar-refractivity contribution in [3.05, 3.63) is 23.5 Å². The van der Waals surface area contributed by atoms with Gasteiger partial charge in [0, 0.05) is 37.9 Å². The van der Waals surface area contributed by atoms with Gasteiger partial charge in [0.2, 0.25) is 5.95 Å². The SMILES string of the molecule is Cc1cc(Nc2ncc(C)c(N3CC(CC#N)(N4CC(C5CC5)C4)C3)n2)sn1. The highest BCUT2D eigenvalue weighted by Gasteiger charge is 2.54. The Kier molecular flexibility index (Phi) is 4.25.